The second kappa shape index (κ2) is 5.53. The van der Waals surface area contributed by atoms with Gasteiger partial charge in [-0.1, -0.05) is 6.07 Å². The second-order valence-corrected chi connectivity index (χ2v) is 5.56. The van der Waals surface area contributed by atoms with Crippen LogP contribution in [0.1, 0.15) is 10.4 Å². The average molecular weight is 314 g/mol. The first-order chi connectivity index (χ1) is 8.15. The van der Waals surface area contributed by atoms with Crippen LogP contribution in [0.3, 0.4) is 0 Å². The summed E-state index contributed by atoms with van der Waals surface area (Å²) in [4.78, 5) is 1.23. The van der Waals surface area contributed by atoms with Gasteiger partial charge in [-0.2, -0.15) is 0 Å². The van der Waals surface area contributed by atoms with Gasteiger partial charge >= 0.3 is 0 Å². The molecule has 90 valence electrons. The van der Waals surface area contributed by atoms with Crippen LogP contribution in [0.2, 0.25) is 0 Å². The number of hydrogen-bond acceptors (Lipinski definition) is 4. The first kappa shape index (κ1) is 12.4. The zero-order valence-corrected chi connectivity index (χ0v) is 11.4. The van der Waals surface area contributed by atoms with Crippen LogP contribution >= 0.6 is 27.3 Å². The summed E-state index contributed by atoms with van der Waals surface area (Å²) < 4.78 is 1.09. The van der Waals surface area contributed by atoms with Crippen molar-refractivity contribution in [3.8, 4) is 11.5 Å². The Kier molecular flexibility index (Phi) is 4.04. The fraction of sp³-hybridized carbons (Fsp3) is 0.167. The minimum absolute atomic E-state index is 0.0773. The Balaban J connectivity index is 1.90. The zero-order valence-electron chi connectivity index (χ0n) is 8.98. The maximum atomic E-state index is 9.59. The summed E-state index contributed by atoms with van der Waals surface area (Å²) >= 11 is 5.08. The Morgan fingerprint density at radius 1 is 1.18 bits per heavy atom. The van der Waals surface area contributed by atoms with E-state index >= 15 is 0 Å². The molecule has 1 aromatic heterocycles. The summed E-state index contributed by atoms with van der Waals surface area (Å²) in [7, 11) is 0. The molecule has 3 N–H and O–H groups in total. The van der Waals surface area contributed by atoms with E-state index in [-0.39, 0.29) is 11.5 Å². The van der Waals surface area contributed by atoms with Crippen molar-refractivity contribution >= 4 is 27.3 Å². The van der Waals surface area contributed by atoms with Gasteiger partial charge in [0.2, 0.25) is 0 Å². The van der Waals surface area contributed by atoms with Gasteiger partial charge in [-0.15, -0.1) is 11.3 Å². The number of aromatic hydroxyl groups is 2. The Morgan fingerprint density at radius 2 is 2.00 bits per heavy atom. The Morgan fingerprint density at radius 3 is 2.65 bits per heavy atom. The van der Waals surface area contributed by atoms with Crippen molar-refractivity contribution in [2.75, 3.05) is 0 Å². The molecule has 2 rings (SSSR count). The first-order valence-electron chi connectivity index (χ1n) is 5.09. The second-order valence-electron chi connectivity index (χ2n) is 3.65. The van der Waals surface area contributed by atoms with E-state index < -0.39 is 0 Å². The summed E-state index contributed by atoms with van der Waals surface area (Å²) in [6.45, 7) is 1.33. The summed E-state index contributed by atoms with van der Waals surface area (Å²) in [6, 6.07) is 6.69. The lowest BCUT2D eigenvalue weighted by atomic mass is 10.2. The van der Waals surface area contributed by atoms with Gasteiger partial charge in [0, 0.05) is 39.4 Å². The normalized spacial score (nSPS) is 10.6. The summed E-state index contributed by atoms with van der Waals surface area (Å²) in [5.41, 5.74) is 0.776. The molecule has 1 aromatic carbocycles. The number of thiophene rings is 1. The van der Waals surface area contributed by atoms with Gasteiger partial charge in [0.05, 0.1) is 0 Å². The highest BCUT2D eigenvalue weighted by Gasteiger charge is 2.02. The van der Waals surface area contributed by atoms with E-state index in [0.29, 0.717) is 6.54 Å². The lowest BCUT2D eigenvalue weighted by Crippen LogP contribution is -2.11. The van der Waals surface area contributed by atoms with Gasteiger partial charge in [0.1, 0.15) is 11.5 Å². The molecule has 0 saturated carbocycles. The lowest BCUT2D eigenvalue weighted by Gasteiger charge is -2.06. The van der Waals surface area contributed by atoms with Gasteiger partial charge in [-0.05, 0) is 28.1 Å². The highest BCUT2D eigenvalue weighted by atomic mass is 79.9. The molecule has 0 saturated heterocycles. The average Bonchev–Trinajstić information content (AvgIpc) is 2.68. The molecule has 2 aromatic rings. The molecule has 17 heavy (non-hydrogen) atoms. The summed E-state index contributed by atoms with van der Waals surface area (Å²) in [5, 5.41) is 24.0. The van der Waals surface area contributed by atoms with E-state index in [1.165, 1.54) is 10.9 Å². The molecule has 0 aliphatic carbocycles. The highest BCUT2D eigenvalue weighted by molar-refractivity contribution is 9.10. The predicted octanol–water partition coefficient (Wildman–Crippen LogP) is 3.21. The van der Waals surface area contributed by atoms with Crippen molar-refractivity contribution in [2.24, 2.45) is 0 Å². The first-order valence-corrected chi connectivity index (χ1v) is 6.77. The number of halogens is 1. The van der Waals surface area contributed by atoms with Gasteiger partial charge < -0.3 is 15.5 Å². The van der Waals surface area contributed by atoms with Crippen molar-refractivity contribution < 1.29 is 10.2 Å². The fourth-order valence-corrected chi connectivity index (χ4v) is 2.89. The van der Waals surface area contributed by atoms with Gasteiger partial charge in [0.15, 0.2) is 0 Å². The molecule has 0 bridgehead atoms. The lowest BCUT2D eigenvalue weighted by molar-refractivity contribution is 0.444. The Labute approximate surface area is 112 Å². The maximum absolute atomic E-state index is 9.59. The van der Waals surface area contributed by atoms with E-state index in [1.54, 1.807) is 23.5 Å². The number of nitrogens with one attached hydrogen (secondary N) is 1. The molecular formula is C12H12BrNO2S. The molecule has 0 spiro atoms. The summed E-state index contributed by atoms with van der Waals surface area (Å²) in [6.07, 6.45) is 0. The van der Waals surface area contributed by atoms with E-state index in [1.807, 2.05) is 5.38 Å². The molecule has 0 fully saturated rings. The van der Waals surface area contributed by atoms with E-state index in [0.717, 1.165) is 16.6 Å². The Bertz CT molecular complexity index is 513. The van der Waals surface area contributed by atoms with E-state index in [4.69, 9.17) is 5.11 Å². The van der Waals surface area contributed by atoms with Crippen LogP contribution in [-0.2, 0) is 13.1 Å². The van der Waals surface area contributed by atoms with Crippen LogP contribution in [0.4, 0.5) is 0 Å². The number of phenols is 2. The van der Waals surface area contributed by atoms with Crippen LogP contribution in [0.5, 0.6) is 11.5 Å². The van der Waals surface area contributed by atoms with Crippen molar-refractivity contribution in [2.45, 2.75) is 13.1 Å². The molecular weight excluding hydrogens is 302 g/mol. The van der Waals surface area contributed by atoms with Crippen LogP contribution in [0, 0.1) is 0 Å². The van der Waals surface area contributed by atoms with Crippen LogP contribution in [0.15, 0.2) is 34.1 Å². The molecule has 3 nitrogen and oxygen atoms in total. The standard InChI is InChI=1S/C12H12BrNO2S/c13-9-3-11(17-7-9)6-14-5-8-1-2-10(15)4-12(8)16/h1-4,7,14-16H,5-6H2. The van der Waals surface area contributed by atoms with Crippen molar-refractivity contribution in [1.29, 1.82) is 0 Å². The topological polar surface area (TPSA) is 52.5 Å². The van der Waals surface area contributed by atoms with Crippen LogP contribution < -0.4 is 5.32 Å². The van der Waals surface area contributed by atoms with Gasteiger partial charge in [0.25, 0.3) is 0 Å². The van der Waals surface area contributed by atoms with Crippen molar-refractivity contribution in [1.82, 2.24) is 5.32 Å². The molecule has 0 aliphatic rings. The molecule has 0 aliphatic heterocycles. The van der Waals surface area contributed by atoms with Crippen molar-refractivity contribution in [3.05, 3.63) is 44.6 Å². The highest BCUT2D eigenvalue weighted by Crippen LogP contribution is 2.23. The molecule has 0 unspecified atom stereocenters. The number of hydrogen-bond donors (Lipinski definition) is 3. The van der Waals surface area contributed by atoms with Crippen LogP contribution in [0.25, 0.3) is 0 Å². The monoisotopic (exact) mass is 313 g/mol. The van der Waals surface area contributed by atoms with Crippen molar-refractivity contribution in [3.63, 3.8) is 0 Å². The zero-order chi connectivity index (χ0) is 12.3. The predicted molar refractivity (Wildman–Crippen MR) is 72.3 cm³/mol. The minimum Gasteiger partial charge on any atom is -0.508 e. The molecule has 0 radical (unpaired) electrons. The van der Waals surface area contributed by atoms with Gasteiger partial charge in [-0.25, -0.2) is 0 Å². The third kappa shape index (κ3) is 3.46. The number of rotatable bonds is 4. The fourth-order valence-electron chi connectivity index (χ4n) is 1.47. The third-order valence-electron chi connectivity index (χ3n) is 2.31. The smallest absolute Gasteiger partial charge is 0.123 e. The summed E-state index contributed by atoms with van der Waals surface area (Å²) in [5.74, 6) is 0.193. The molecule has 0 amide bonds. The van der Waals surface area contributed by atoms with Crippen LogP contribution in [-0.4, -0.2) is 10.2 Å². The number of benzene rings is 1. The molecule has 0 atom stereocenters. The van der Waals surface area contributed by atoms with E-state index in [9.17, 15) is 5.11 Å². The van der Waals surface area contributed by atoms with E-state index in [2.05, 4.69) is 27.3 Å². The Hall–Kier alpha value is -1.04. The third-order valence-corrected chi connectivity index (χ3v) is 4.00. The van der Waals surface area contributed by atoms with Gasteiger partial charge in [-0.3, -0.25) is 0 Å². The SMILES string of the molecule is Oc1ccc(CNCc2cc(Br)cs2)c(O)c1. The minimum atomic E-state index is 0.0773. The molecule has 5 heteroatoms. The maximum Gasteiger partial charge on any atom is 0.123 e. The largest absolute Gasteiger partial charge is 0.508 e. The number of phenolic OH excluding ortho intramolecular Hbond substituents is 2. The molecule has 1 heterocycles. The quantitative estimate of drug-likeness (QED) is 0.812.